The molecule has 2 N–H and O–H groups in total. The van der Waals surface area contributed by atoms with Gasteiger partial charge < -0.3 is 15.4 Å². The van der Waals surface area contributed by atoms with Gasteiger partial charge in [0, 0.05) is 13.7 Å². The monoisotopic (exact) mass is 284 g/mol. The molecular formula is C14H21ClN2O2. The lowest BCUT2D eigenvalue weighted by atomic mass is 10.1. The number of carbonyl (C=O) groups excluding carboxylic acids is 1. The summed E-state index contributed by atoms with van der Waals surface area (Å²) in [4.78, 5) is 11.9. The van der Waals surface area contributed by atoms with Gasteiger partial charge >= 0.3 is 0 Å². The summed E-state index contributed by atoms with van der Waals surface area (Å²) >= 11 is 0. The SMILES string of the molecule is COCc1ccccc1CNC(=O)C1CCCN1.Cl. The molecule has 1 aliphatic rings. The van der Waals surface area contributed by atoms with Gasteiger partial charge in [0.25, 0.3) is 0 Å². The lowest BCUT2D eigenvalue weighted by Gasteiger charge is -2.13. The molecule has 1 atom stereocenters. The lowest BCUT2D eigenvalue weighted by molar-refractivity contribution is -0.122. The molecule has 1 saturated heterocycles. The van der Waals surface area contributed by atoms with Crippen molar-refractivity contribution in [1.82, 2.24) is 10.6 Å². The summed E-state index contributed by atoms with van der Waals surface area (Å²) in [5.74, 6) is 0.0970. The fraction of sp³-hybridized carbons (Fsp3) is 0.500. The minimum atomic E-state index is -0.0143. The van der Waals surface area contributed by atoms with Gasteiger partial charge in [0.15, 0.2) is 0 Å². The molecule has 106 valence electrons. The second kappa shape index (κ2) is 8.15. The van der Waals surface area contributed by atoms with E-state index in [0.717, 1.165) is 30.5 Å². The molecule has 1 heterocycles. The number of benzene rings is 1. The molecule has 0 saturated carbocycles. The summed E-state index contributed by atoms with van der Waals surface area (Å²) in [6.45, 7) is 2.09. The molecule has 0 spiro atoms. The second-order valence-electron chi connectivity index (χ2n) is 4.57. The van der Waals surface area contributed by atoms with E-state index in [-0.39, 0.29) is 24.4 Å². The molecule has 0 aromatic heterocycles. The first kappa shape index (κ1) is 16.0. The van der Waals surface area contributed by atoms with Crippen LogP contribution in [0.4, 0.5) is 0 Å². The number of nitrogens with one attached hydrogen (secondary N) is 2. The quantitative estimate of drug-likeness (QED) is 0.864. The summed E-state index contributed by atoms with van der Waals surface area (Å²) < 4.78 is 5.15. The van der Waals surface area contributed by atoms with Crippen LogP contribution in [0.25, 0.3) is 0 Å². The van der Waals surface area contributed by atoms with Gasteiger partial charge in [0.2, 0.25) is 5.91 Å². The number of halogens is 1. The number of amides is 1. The van der Waals surface area contributed by atoms with Crippen LogP contribution >= 0.6 is 12.4 Å². The summed E-state index contributed by atoms with van der Waals surface area (Å²) in [7, 11) is 1.68. The van der Waals surface area contributed by atoms with Crippen molar-refractivity contribution in [3.05, 3.63) is 35.4 Å². The standard InChI is InChI=1S/C14H20N2O2.ClH/c1-18-10-12-6-3-2-5-11(12)9-16-14(17)13-7-4-8-15-13;/h2-3,5-6,13,15H,4,7-10H2,1H3,(H,16,17);1H. The molecule has 1 aromatic carbocycles. The number of hydrogen-bond donors (Lipinski definition) is 2. The molecular weight excluding hydrogens is 264 g/mol. The van der Waals surface area contributed by atoms with E-state index in [0.29, 0.717) is 13.2 Å². The van der Waals surface area contributed by atoms with Gasteiger partial charge in [-0.05, 0) is 30.5 Å². The summed E-state index contributed by atoms with van der Waals surface area (Å²) in [5, 5.41) is 6.18. The Balaban J connectivity index is 0.00000180. The maximum atomic E-state index is 11.9. The molecule has 0 bridgehead atoms. The van der Waals surface area contributed by atoms with E-state index >= 15 is 0 Å². The molecule has 0 aliphatic carbocycles. The minimum Gasteiger partial charge on any atom is -0.380 e. The van der Waals surface area contributed by atoms with E-state index in [9.17, 15) is 4.79 Å². The van der Waals surface area contributed by atoms with Crippen LogP contribution in [0.3, 0.4) is 0 Å². The summed E-state index contributed by atoms with van der Waals surface area (Å²) in [6, 6.07) is 8.00. The van der Waals surface area contributed by atoms with Crippen molar-refractivity contribution in [2.24, 2.45) is 0 Å². The summed E-state index contributed by atoms with van der Waals surface area (Å²) in [6.07, 6.45) is 2.02. The van der Waals surface area contributed by atoms with Crippen molar-refractivity contribution in [2.75, 3.05) is 13.7 Å². The number of ether oxygens (including phenoxy) is 1. The third-order valence-corrected chi connectivity index (χ3v) is 3.25. The van der Waals surface area contributed by atoms with E-state index < -0.39 is 0 Å². The predicted molar refractivity (Wildman–Crippen MR) is 77.3 cm³/mol. The molecule has 1 aromatic rings. The Labute approximate surface area is 120 Å². The van der Waals surface area contributed by atoms with Gasteiger partial charge in [-0.15, -0.1) is 12.4 Å². The molecule has 1 amide bonds. The van der Waals surface area contributed by atoms with Gasteiger partial charge in [-0.1, -0.05) is 24.3 Å². The van der Waals surface area contributed by atoms with Crippen LogP contribution in [-0.2, 0) is 22.7 Å². The number of rotatable bonds is 5. The Morgan fingerprint density at radius 3 is 2.79 bits per heavy atom. The zero-order valence-electron chi connectivity index (χ0n) is 11.1. The van der Waals surface area contributed by atoms with E-state index in [1.54, 1.807) is 7.11 Å². The normalized spacial score (nSPS) is 17.8. The second-order valence-corrected chi connectivity index (χ2v) is 4.57. The van der Waals surface area contributed by atoms with E-state index in [2.05, 4.69) is 10.6 Å². The Hall–Kier alpha value is -1.10. The van der Waals surface area contributed by atoms with Crippen LogP contribution in [-0.4, -0.2) is 25.6 Å². The highest BCUT2D eigenvalue weighted by Gasteiger charge is 2.21. The number of hydrogen-bond acceptors (Lipinski definition) is 3. The molecule has 5 heteroatoms. The first-order chi connectivity index (χ1) is 8.81. The van der Waals surface area contributed by atoms with Crippen molar-refractivity contribution < 1.29 is 9.53 Å². The maximum Gasteiger partial charge on any atom is 0.237 e. The largest absolute Gasteiger partial charge is 0.380 e. The zero-order valence-corrected chi connectivity index (χ0v) is 12.0. The van der Waals surface area contributed by atoms with Crippen LogP contribution in [0.5, 0.6) is 0 Å². The third-order valence-electron chi connectivity index (χ3n) is 3.25. The lowest BCUT2D eigenvalue weighted by Crippen LogP contribution is -2.40. The smallest absolute Gasteiger partial charge is 0.237 e. The molecule has 4 nitrogen and oxygen atoms in total. The highest BCUT2D eigenvalue weighted by Crippen LogP contribution is 2.10. The first-order valence-corrected chi connectivity index (χ1v) is 6.38. The predicted octanol–water partition coefficient (Wildman–Crippen LogP) is 1.62. The molecule has 1 unspecified atom stereocenters. The maximum absolute atomic E-state index is 11.9. The van der Waals surface area contributed by atoms with E-state index in [1.807, 2.05) is 24.3 Å². The van der Waals surface area contributed by atoms with Crippen molar-refractivity contribution in [3.8, 4) is 0 Å². The van der Waals surface area contributed by atoms with Crippen molar-refractivity contribution in [1.29, 1.82) is 0 Å². The van der Waals surface area contributed by atoms with Gasteiger partial charge in [-0.2, -0.15) is 0 Å². The highest BCUT2D eigenvalue weighted by molar-refractivity contribution is 5.85. The first-order valence-electron chi connectivity index (χ1n) is 6.38. The van der Waals surface area contributed by atoms with Crippen LogP contribution in [0.1, 0.15) is 24.0 Å². The Kier molecular flexibility index (Phi) is 6.84. The van der Waals surface area contributed by atoms with Crippen LogP contribution in [0, 0.1) is 0 Å². The number of carbonyl (C=O) groups is 1. The fourth-order valence-corrected chi connectivity index (χ4v) is 2.24. The van der Waals surface area contributed by atoms with Crippen LogP contribution in [0.15, 0.2) is 24.3 Å². The molecule has 19 heavy (non-hydrogen) atoms. The average Bonchev–Trinajstić information content (AvgIpc) is 2.92. The van der Waals surface area contributed by atoms with Crippen molar-refractivity contribution >= 4 is 18.3 Å². The van der Waals surface area contributed by atoms with E-state index in [4.69, 9.17) is 4.74 Å². The highest BCUT2D eigenvalue weighted by atomic mass is 35.5. The topological polar surface area (TPSA) is 50.4 Å². The van der Waals surface area contributed by atoms with E-state index in [1.165, 1.54) is 0 Å². The Morgan fingerprint density at radius 1 is 1.42 bits per heavy atom. The van der Waals surface area contributed by atoms with Crippen molar-refractivity contribution in [3.63, 3.8) is 0 Å². The molecule has 2 rings (SSSR count). The Bertz CT molecular complexity index is 406. The van der Waals surface area contributed by atoms with Gasteiger partial charge in [-0.25, -0.2) is 0 Å². The van der Waals surface area contributed by atoms with Crippen molar-refractivity contribution in [2.45, 2.75) is 32.0 Å². The fourth-order valence-electron chi connectivity index (χ4n) is 2.24. The average molecular weight is 285 g/mol. The van der Waals surface area contributed by atoms with Crippen LogP contribution < -0.4 is 10.6 Å². The zero-order chi connectivity index (χ0) is 12.8. The van der Waals surface area contributed by atoms with Crippen LogP contribution in [0.2, 0.25) is 0 Å². The van der Waals surface area contributed by atoms with Gasteiger partial charge in [0.1, 0.15) is 0 Å². The minimum absolute atomic E-state index is 0. The molecule has 1 fully saturated rings. The molecule has 0 radical (unpaired) electrons. The molecule has 1 aliphatic heterocycles. The van der Waals surface area contributed by atoms with Gasteiger partial charge in [0.05, 0.1) is 12.6 Å². The van der Waals surface area contributed by atoms with Gasteiger partial charge in [-0.3, -0.25) is 4.79 Å². The summed E-state index contributed by atoms with van der Waals surface area (Å²) in [5.41, 5.74) is 2.24. The Morgan fingerprint density at radius 2 is 2.16 bits per heavy atom. The number of methoxy groups -OCH3 is 1. The third kappa shape index (κ3) is 4.49.